The number of aryl methyl sites for hydroxylation is 3. The second-order valence-electron chi connectivity index (χ2n) is 11.0. The summed E-state index contributed by atoms with van der Waals surface area (Å²) < 4.78 is 0. The number of thioether (sulfide) groups is 1. The van der Waals surface area contributed by atoms with Gasteiger partial charge in [0.15, 0.2) is 0 Å². The van der Waals surface area contributed by atoms with Gasteiger partial charge in [0.1, 0.15) is 6.54 Å². The lowest BCUT2D eigenvalue weighted by molar-refractivity contribution is -0.127. The molecule has 1 unspecified atom stereocenters. The van der Waals surface area contributed by atoms with E-state index in [1.807, 2.05) is 39.0 Å². The van der Waals surface area contributed by atoms with Crippen molar-refractivity contribution < 1.29 is 14.4 Å². The summed E-state index contributed by atoms with van der Waals surface area (Å²) in [5.41, 5.74) is 7.45. The average Bonchev–Trinajstić information content (AvgIpc) is 3.07. The fourth-order valence-corrected chi connectivity index (χ4v) is 6.22. The van der Waals surface area contributed by atoms with E-state index in [9.17, 15) is 14.4 Å². The van der Waals surface area contributed by atoms with Crippen molar-refractivity contribution in [1.29, 1.82) is 0 Å². The van der Waals surface area contributed by atoms with E-state index in [2.05, 4.69) is 50.0 Å². The molecule has 0 aliphatic carbocycles. The topological polar surface area (TPSA) is 69.7 Å². The Hall–Kier alpha value is -3.06. The van der Waals surface area contributed by atoms with E-state index in [-0.39, 0.29) is 12.1 Å². The van der Waals surface area contributed by atoms with Gasteiger partial charge in [0.2, 0.25) is 5.91 Å². The highest BCUT2D eigenvalue weighted by molar-refractivity contribution is 8.18. The third-order valence-corrected chi connectivity index (χ3v) is 8.38. The molecule has 0 saturated carbocycles. The van der Waals surface area contributed by atoms with Crippen LogP contribution in [0.2, 0.25) is 0 Å². The molecule has 2 heterocycles. The van der Waals surface area contributed by atoms with E-state index in [0.29, 0.717) is 16.5 Å². The van der Waals surface area contributed by atoms with Gasteiger partial charge in [-0.25, -0.2) is 0 Å². The first-order chi connectivity index (χ1) is 17.4. The molecule has 196 valence electrons. The van der Waals surface area contributed by atoms with E-state index in [1.165, 1.54) is 11.3 Å². The summed E-state index contributed by atoms with van der Waals surface area (Å²) in [5.74, 6) is -0.441. The number of carbonyl (C=O) groups excluding carboxylic acids is 3. The van der Waals surface area contributed by atoms with Crippen LogP contribution in [0, 0.1) is 20.8 Å². The molecule has 1 N–H and O–H groups in total. The number of fused-ring (bicyclic) bond motifs is 1. The predicted octanol–water partition coefficient (Wildman–Crippen LogP) is 6.79. The Bertz CT molecular complexity index is 1300. The molecule has 1 saturated heterocycles. The highest BCUT2D eigenvalue weighted by Gasteiger charge is 2.38. The first kappa shape index (κ1) is 27.0. The molecule has 37 heavy (non-hydrogen) atoms. The molecule has 0 aromatic heterocycles. The van der Waals surface area contributed by atoms with Crippen molar-refractivity contribution in [3.63, 3.8) is 0 Å². The Morgan fingerprint density at radius 2 is 1.84 bits per heavy atom. The number of carbonyl (C=O) groups is 3. The van der Waals surface area contributed by atoms with Crippen molar-refractivity contribution in [2.24, 2.45) is 0 Å². The van der Waals surface area contributed by atoms with Gasteiger partial charge >= 0.3 is 0 Å². The van der Waals surface area contributed by atoms with Crippen molar-refractivity contribution in [2.45, 2.75) is 72.8 Å². The van der Waals surface area contributed by atoms with Gasteiger partial charge in [0.05, 0.1) is 4.91 Å². The Morgan fingerprint density at radius 1 is 1.11 bits per heavy atom. The second kappa shape index (κ2) is 10.4. The number of nitrogens with one attached hydrogen (secondary N) is 1. The number of rotatable bonds is 6. The molecule has 4 rings (SSSR count). The molecule has 3 amide bonds. The summed E-state index contributed by atoms with van der Waals surface area (Å²) in [6, 6.07) is 10.0. The Balaban J connectivity index is 1.55. The number of benzene rings is 2. The molecule has 2 aromatic rings. The summed E-state index contributed by atoms with van der Waals surface area (Å²) in [6.07, 6.45) is 3.93. The summed E-state index contributed by atoms with van der Waals surface area (Å²) in [4.78, 5) is 42.3. The van der Waals surface area contributed by atoms with Crippen molar-refractivity contribution in [1.82, 2.24) is 4.90 Å². The largest absolute Gasteiger partial charge is 0.366 e. The van der Waals surface area contributed by atoms with Gasteiger partial charge < -0.3 is 10.2 Å². The molecule has 2 aliphatic heterocycles. The summed E-state index contributed by atoms with van der Waals surface area (Å²) >= 11 is 0.893. The normalized spacial score (nSPS) is 20.0. The fraction of sp³-hybridized carbons (Fsp3) is 0.433. The van der Waals surface area contributed by atoms with Crippen LogP contribution >= 0.6 is 11.8 Å². The maximum Gasteiger partial charge on any atom is 0.294 e. The smallest absolute Gasteiger partial charge is 0.294 e. The average molecular weight is 520 g/mol. The van der Waals surface area contributed by atoms with Crippen LogP contribution in [0.3, 0.4) is 0 Å². The van der Waals surface area contributed by atoms with Gasteiger partial charge in [-0.1, -0.05) is 19.9 Å². The molecule has 6 nitrogen and oxygen atoms in total. The van der Waals surface area contributed by atoms with Crippen LogP contribution in [0.1, 0.15) is 74.3 Å². The van der Waals surface area contributed by atoms with Gasteiger partial charge in [-0.15, -0.1) is 0 Å². The summed E-state index contributed by atoms with van der Waals surface area (Å²) in [5, 5.41) is 2.37. The van der Waals surface area contributed by atoms with Crippen molar-refractivity contribution in [3.05, 3.63) is 63.1 Å². The molecule has 2 aromatic carbocycles. The molecular weight excluding hydrogens is 482 g/mol. The molecule has 1 atom stereocenters. The first-order valence-corrected chi connectivity index (χ1v) is 13.8. The van der Waals surface area contributed by atoms with E-state index in [0.717, 1.165) is 58.3 Å². The van der Waals surface area contributed by atoms with E-state index >= 15 is 0 Å². The fourth-order valence-electron chi connectivity index (χ4n) is 5.39. The lowest BCUT2D eigenvalue weighted by Gasteiger charge is -2.48. The zero-order valence-corrected chi connectivity index (χ0v) is 23.7. The van der Waals surface area contributed by atoms with Crippen LogP contribution in [0.4, 0.5) is 16.2 Å². The lowest BCUT2D eigenvalue weighted by atomic mass is 9.79. The standard InChI is InChI=1S/C30H37N3O3S/c1-8-11-33-25-13-20(4)22(14-24(25)21(5)16-30(33,6)7)15-26-28(35)32(29(36)37-26)17-27(34)31-23-10-9-18(2)19(3)12-23/h9-10,12-15,21H,8,11,16-17H2,1-7H3,(H,31,34)/b26-15+. The number of hydrogen-bond acceptors (Lipinski definition) is 5. The second-order valence-corrected chi connectivity index (χ2v) is 11.9. The first-order valence-electron chi connectivity index (χ1n) is 13.0. The highest BCUT2D eigenvalue weighted by atomic mass is 32.2. The maximum atomic E-state index is 13.1. The number of amides is 3. The van der Waals surface area contributed by atoms with Crippen molar-refractivity contribution in [3.8, 4) is 0 Å². The van der Waals surface area contributed by atoms with Crippen LogP contribution < -0.4 is 10.2 Å². The lowest BCUT2D eigenvalue weighted by Crippen LogP contribution is -2.48. The van der Waals surface area contributed by atoms with Gasteiger partial charge in [0.25, 0.3) is 11.1 Å². The van der Waals surface area contributed by atoms with Gasteiger partial charge in [-0.3, -0.25) is 19.3 Å². The number of imide groups is 1. The number of nitrogens with zero attached hydrogens (tertiary/aromatic N) is 2. The third kappa shape index (κ3) is 5.47. The van der Waals surface area contributed by atoms with Crippen molar-refractivity contribution in [2.75, 3.05) is 23.3 Å². The van der Waals surface area contributed by atoms with E-state index < -0.39 is 17.1 Å². The number of hydrogen-bond donors (Lipinski definition) is 1. The van der Waals surface area contributed by atoms with E-state index in [4.69, 9.17) is 0 Å². The molecule has 2 aliphatic rings. The van der Waals surface area contributed by atoms with Crippen LogP contribution in [-0.4, -0.2) is 40.6 Å². The van der Waals surface area contributed by atoms with E-state index in [1.54, 1.807) is 6.08 Å². The Kier molecular flexibility index (Phi) is 7.56. The SMILES string of the molecule is CCCN1c2cc(C)c(/C=C3/SC(=O)N(CC(=O)Nc4ccc(C)c(C)c4)C3=O)cc2C(C)CC1(C)C. The Morgan fingerprint density at radius 3 is 2.51 bits per heavy atom. The van der Waals surface area contributed by atoms with Crippen molar-refractivity contribution >= 4 is 46.3 Å². The maximum absolute atomic E-state index is 13.1. The van der Waals surface area contributed by atoms with Crippen LogP contribution in [0.25, 0.3) is 6.08 Å². The van der Waals surface area contributed by atoms with Crippen LogP contribution in [0.15, 0.2) is 35.2 Å². The quantitative estimate of drug-likeness (QED) is 0.426. The predicted molar refractivity (Wildman–Crippen MR) is 153 cm³/mol. The zero-order chi connectivity index (χ0) is 27.1. The molecule has 0 spiro atoms. The van der Waals surface area contributed by atoms with Crippen LogP contribution in [-0.2, 0) is 9.59 Å². The zero-order valence-electron chi connectivity index (χ0n) is 22.9. The molecule has 0 bridgehead atoms. The molecule has 7 heteroatoms. The van der Waals surface area contributed by atoms with Gasteiger partial charge in [-0.05, 0) is 123 Å². The summed E-state index contributed by atoms with van der Waals surface area (Å²) in [7, 11) is 0. The highest BCUT2D eigenvalue weighted by Crippen LogP contribution is 2.45. The molecule has 1 fully saturated rings. The number of anilines is 2. The van der Waals surface area contributed by atoms with Gasteiger partial charge in [0, 0.05) is 23.5 Å². The minimum Gasteiger partial charge on any atom is -0.366 e. The molecule has 0 radical (unpaired) electrons. The Labute approximate surface area is 224 Å². The molecular formula is C30H37N3O3S. The van der Waals surface area contributed by atoms with Crippen LogP contribution in [0.5, 0.6) is 0 Å². The third-order valence-electron chi connectivity index (χ3n) is 7.47. The van der Waals surface area contributed by atoms with Gasteiger partial charge in [-0.2, -0.15) is 0 Å². The summed E-state index contributed by atoms with van der Waals surface area (Å²) in [6.45, 7) is 15.8. The monoisotopic (exact) mass is 519 g/mol. The minimum atomic E-state index is -0.427. The minimum absolute atomic E-state index is 0.0802.